The summed E-state index contributed by atoms with van der Waals surface area (Å²) in [6, 6.07) is 13.6. The summed E-state index contributed by atoms with van der Waals surface area (Å²) in [6.07, 6.45) is 2.94. The average molecular weight is 409 g/mol. The maximum absolute atomic E-state index is 12.8. The number of methoxy groups -OCH3 is 2. The zero-order chi connectivity index (χ0) is 21.5. The van der Waals surface area contributed by atoms with Gasteiger partial charge in [0, 0.05) is 12.4 Å². The fourth-order valence-electron chi connectivity index (χ4n) is 2.84. The standard InChI is InChI=1S/C21H19N3O6/c1-28-19(26)17(20(27)29-2)15-9-10-16(24(15)21-22-11-6-12-23-21)18(25)30-13-14-7-4-3-5-8-14/h3-12,17H,13H2,1-2H3. The molecule has 0 atom stereocenters. The van der Waals surface area contributed by atoms with Crippen LogP contribution < -0.4 is 0 Å². The molecule has 9 nitrogen and oxygen atoms in total. The Morgan fingerprint density at radius 2 is 1.53 bits per heavy atom. The predicted octanol–water partition coefficient (Wildman–Crippen LogP) is 2.05. The highest BCUT2D eigenvalue weighted by Crippen LogP contribution is 2.25. The molecule has 30 heavy (non-hydrogen) atoms. The molecule has 0 bridgehead atoms. The SMILES string of the molecule is COC(=O)C(C(=O)OC)c1ccc(C(=O)OCc2ccccc2)n1-c1ncccn1. The van der Waals surface area contributed by atoms with Crippen LogP contribution in [0.2, 0.25) is 0 Å². The minimum Gasteiger partial charge on any atom is -0.468 e. The van der Waals surface area contributed by atoms with Crippen LogP contribution in [0.1, 0.15) is 27.7 Å². The van der Waals surface area contributed by atoms with Gasteiger partial charge in [-0.1, -0.05) is 30.3 Å². The molecule has 9 heteroatoms. The third-order valence-corrected chi connectivity index (χ3v) is 4.25. The Morgan fingerprint density at radius 1 is 0.900 bits per heavy atom. The topological polar surface area (TPSA) is 110 Å². The minimum absolute atomic E-state index is 0.0462. The Bertz CT molecular complexity index is 1020. The van der Waals surface area contributed by atoms with Crippen molar-refractivity contribution in [3.05, 3.63) is 77.9 Å². The van der Waals surface area contributed by atoms with E-state index in [0.29, 0.717) is 0 Å². The van der Waals surface area contributed by atoms with E-state index >= 15 is 0 Å². The monoisotopic (exact) mass is 409 g/mol. The summed E-state index contributed by atoms with van der Waals surface area (Å²) in [5.41, 5.74) is 0.971. The lowest BCUT2D eigenvalue weighted by atomic mass is 10.1. The fraction of sp³-hybridized carbons (Fsp3) is 0.190. The van der Waals surface area contributed by atoms with Crippen molar-refractivity contribution in [2.24, 2.45) is 0 Å². The smallest absolute Gasteiger partial charge is 0.355 e. The largest absolute Gasteiger partial charge is 0.468 e. The van der Waals surface area contributed by atoms with E-state index in [1.165, 1.54) is 29.1 Å². The van der Waals surface area contributed by atoms with Gasteiger partial charge in [0.05, 0.1) is 19.9 Å². The van der Waals surface area contributed by atoms with Crippen molar-refractivity contribution in [2.75, 3.05) is 14.2 Å². The molecule has 2 heterocycles. The molecular weight excluding hydrogens is 390 g/mol. The van der Waals surface area contributed by atoms with Gasteiger partial charge in [0.15, 0.2) is 5.92 Å². The first-order valence-corrected chi connectivity index (χ1v) is 8.92. The summed E-state index contributed by atoms with van der Waals surface area (Å²) in [5, 5.41) is 0. The number of ether oxygens (including phenoxy) is 3. The fourth-order valence-corrected chi connectivity index (χ4v) is 2.84. The molecule has 1 aromatic carbocycles. The van der Waals surface area contributed by atoms with Crippen LogP contribution in [0.5, 0.6) is 0 Å². The van der Waals surface area contributed by atoms with Gasteiger partial charge in [0.2, 0.25) is 5.95 Å². The van der Waals surface area contributed by atoms with Gasteiger partial charge in [0.1, 0.15) is 12.3 Å². The number of carbonyl (C=O) groups excluding carboxylic acids is 3. The van der Waals surface area contributed by atoms with Crippen LogP contribution in [0.3, 0.4) is 0 Å². The average Bonchev–Trinajstić information content (AvgIpc) is 3.23. The Balaban J connectivity index is 2.02. The van der Waals surface area contributed by atoms with Gasteiger partial charge in [-0.25, -0.2) is 14.8 Å². The van der Waals surface area contributed by atoms with Gasteiger partial charge in [-0.15, -0.1) is 0 Å². The van der Waals surface area contributed by atoms with Gasteiger partial charge in [0.25, 0.3) is 0 Å². The third kappa shape index (κ3) is 4.35. The number of carbonyl (C=O) groups is 3. The Hall–Kier alpha value is -4.01. The van der Waals surface area contributed by atoms with Gasteiger partial charge in [-0.2, -0.15) is 0 Å². The highest BCUT2D eigenvalue weighted by molar-refractivity contribution is 6.01. The lowest BCUT2D eigenvalue weighted by molar-refractivity contribution is -0.154. The second kappa shape index (κ2) is 9.46. The van der Waals surface area contributed by atoms with Crippen LogP contribution in [0.4, 0.5) is 0 Å². The zero-order valence-electron chi connectivity index (χ0n) is 16.3. The van der Waals surface area contributed by atoms with Gasteiger partial charge in [-0.05, 0) is 23.8 Å². The van der Waals surface area contributed by atoms with Crippen LogP contribution in [-0.4, -0.2) is 46.7 Å². The van der Waals surface area contributed by atoms with Crippen molar-refractivity contribution in [2.45, 2.75) is 12.5 Å². The lowest BCUT2D eigenvalue weighted by Crippen LogP contribution is -2.27. The molecule has 0 saturated carbocycles. The molecule has 0 N–H and O–H groups in total. The van der Waals surface area contributed by atoms with E-state index < -0.39 is 23.8 Å². The lowest BCUT2D eigenvalue weighted by Gasteiger charge is -2.16. The van der Waals surface area contributed by atoms with Crippen molar-refractivity contribution < 1.29 is 28.6 Å². The predicted molar refractivity (Wildman–Crippen MR) is 104 cm³/mol. The summed E-state index contributed by atoms with van der Waals surface area (Å²) in [6.45, 7) is 0.0489. The first-order valence-electron chi connectivity index (χ1n) is 8.92. The number of nitrogens with zero attached hydrogens (tertiary/aromatic N) is 3. The molecule has 0 aliphatic rings. The second-order valence-corrected chi connectivity index (χ2v) is 6.07. The molecule has 0 fully saturated rings. The zero-order valence-corrected chi connectivity index (χ0v) is 16.3. The number of esters is 3. The summed E-state index contributed by atoms with van der Waals surface area (Å²) in [4.78, 5) is 45.7. The molecule has 3 aromatic rings. The molecule has 0 radical (unpaired) electrons. The molecule has 0 amide bonds. The summed E-state index contributed by atoms with van der Waals surface area (Å²) in [5.74, 6) is -3.71. The summed E-state index contributed by atoms with van der Waals surface area (Å²) in [7, 11) is 2.30. The molecule has 3 rings (SSSR count). The molecule has 0 aliphatic heterocycles. The van der Waals surface area contributed by atoms with Crippen LogP contribution in [-0.2, 0) is 30.4 Å². The number of hydrogen-bond donors (Lipinski definition) is 0. The first-order chi connectivity index (χ1) is 14.6. The Kier molecular flexibility index (Phi) is 6.53. The van der Waals surface area contributed by atoms with E-state index in [4.69, 9.17) is 14.2 Å². The van der Waals surface area contributed by atoms with E-state index in [0.717, 1.165) is 19.8 Å². The van der Waals surface area contributed by atoms with Crippen molar-refractivity contribution >= 4 is 17.9 Å². The van der Waals surface area contributed by atoms with Crippen molar-refractivity contribution in [1.82, 2.24) is 14.5 Å². The molecule has 0 spiro atoms. The molecule has 0 aliphatic carbocycles. The van der Waals surface area contributed by atoms with Crippen molar-refractivity contribution in [3.8, 4) is 5.95 Å². The van der Waals surface area contributed by atoms with E-state index in [9.17, 15) is 14.4 Å². The Labute approximate surface area is 172 Å². The quantitative estimate of drug-likeness (QED) is 0.331. The van der Waals surface area contributed by atoms with Crippen LogP contribution in [0, 0.1) is 0 Å². The maximum atomic E-state index is 12.8. The van der Waals surface area contributed by atoms with Gasteiger partial charge < -0.3 is 14.2 Å². The normalized spacial score (nSPS) is 10.5. The highest BCUT2D eigenvalue weighted by atomic mass is 16.5. The van der Waals surface area contributed by atoms with Gasteiger partial charge >= 0.3 is 17.9 Å². The third-order valence-electron chi connectivity index (χ3n) is 4.25. The molecule has 154 valence electrons. The van der Waals surface area contributed by atoms with Crippen LogP contribution in [0.25, 0.3) is 5.95 Å². The molecule has 0 unspecified atom stereocenters. The molecule has 0 saturated heterocycles. The van der Waals surface area contributed by atoms with Crippen molar-refractivity contribution in [3.63, 3.8) is 0 Å². The van der Waals surface area contributed by atoms with Crippen LogP contribution in [0.15, 0.2) is 60.9 Å². The summed E-state index contributed by atoms with van der Waals surface area (Å²) < 4.78 is 16.2. The number of benzene rings is 1. The number of hydrogen-bond acceptors (Lipinski definition) is 8. The van der Waals surface area contributed by atoms with E-state index in [2.05, 4.69) is 9.97 Å². The van der Waals surface area contributed by atoms with E-state index in [-0.39, 0.29) is 23.9 Å². The number of rotatable bonds is 7. The first kappa shape index (κ1) is 20.7. The van der Waals surface area contributed by atoms with E-state index in [1.807, 2.05) is 30.3 Å². The molecule has 2 aromatic heterocycles. The highest BCUT2D eigenvalue weighted by Gasteiger charge is 2.36. The minimum atomic E-state index is -1.43. The van der Waals surface area contributed by atoms with Crippen molar-refractivity contribution in [1.29, 1.82) is 0 Å². The van der Waals surface area contributed by atoms with Crippen LogP contribution >= 0.6 is 0 Å². The van der Waals surface area contributed by atoms with Gasteiger partial charge in [-0.3, -0.25) is 14.2 Å². The summed E-state index contributed by atoms with van der Waals surface area (Å²) >= 11 is 0. The molecular formula is C21H19N3O6. The second-order valence-electron chi connectivity index (χ2n) is 6.07. The van der Waals surface area contributed by atoms with E-state index in [1.54, 1.807) is 6.07 Å². The number of aromatic nitrogens is 3. The Morgan fingerprint density at radius 3 is 2.13 bits per heavy atom. The maximum Gasteiger partial charge on any atom is 0.355 e.